The molecule has 0 unspecified atom stereocenters. The number of primary amides is 1. The number of fused-ring (bicyclic) bond motifs is 1. The number of benzene rings is 1. The average Bonchev–Trinajstić information content (AvgIpc) is 3.22. The van der Waals surface area contributed by atoms with Crippen molar-refractivity contribution in [2.45, 2.75) is 51.6 Å². The normalized spacial score (nSPS) is 14.8. The highest BCUT2D eigenvalue weighted by molar-refractivity contribution is 7.17. The number of hydrogen-bond acceptors (Lipinski definition) is 5. The molecule has 148 valence electrons. The summed E-state index contributed by atoms with van der Waals surface area (Å²) in [6.45, 7) is 3.46. The van der Waals surface area contributed by atoms with Crippen molar-refractivity contribution in [3.63, 3.8) is 0 Å². The average molecular weight is 401 g/mol. The maximum absolute atomic E-state index is 12.5. The van der Waals surface area contributed by atoms with E-state index in [-0.39, 0.29) is 12.3 Å². The van der Waals surface area contributed by atoms with E-state index in [4.69, 9.17) is 10.5 Å². The maximum atomic E-state index is 12.5. The molecule has 1 aromatic carbocycles. The van der Waals surface area contributed by atoms with Crippen LogP contribution in [-0.2, 0) is 27.2 Å². The number of hydrogen-bond donors (Lipinski definition) is 2. The maximum Gasteiger partial charge on any atom is 0.307 e. The SMILES string of the molecule is C[C@H](OC(=O)C[C@@H](C)c1ccccc1)C(=O)Nc1sc2c(c1C(N)=O)CCC2. The molecule has 1 aliphatic rings. The van der Waals surface area contributed by atoms with E-state index in [1.165, 1.54) is 18.3 Å². The topological polar surface area (TPSA) is 98.5 Å². The van der Waals surface area contributed by atoms with Crippen LogP contribution in [0.25, 0.3) is 0 Å². The molecular formula is C21H24N2O4S. The quantitative estimate of drug-likeness (QED) is 0.696. The van der Waals surface area contributed by atoms with Gasteiger partial charge in [0.2, 0.25) is 0 Å². The predicted molar refractivity (Wildman–Crippen MR) is 109 cm³/mol. The molecule has 0 radical (unpaired) electrons. The summed E-state index contributed by atoms with van der Waals surface area (Å²) in [7, 11) is 0. The van der Waals surface area contributed by atoms with Crippen LogP contribution in [0, 0.1) is 0 Å². The standard InChI is InChI=1S/C21H24N2O4S/c1-12(14-7-4-3-5-8-14)11-17(24)27-13(2)20(26)23-21-18(19(22)25)15-9-6-10-16(15)28-21/h3-5,7-8,12-13H,6,9-11H2,1-2H3,(H2,22,25)(H,23,26)/t12-,13+/m1/s1. The van der Waals surface area contributed by atoms with E-state index in [2.05, 4.69) is 5.32 Å². The third-order valence-corrected chi connectivity index (χ3v) is 6.13. The third-order valence-electron chi connectivity index (χ3n) is 4.92. The van der Waals surface area contributed by atoms with Crippen LogP contribution in [0.5, 0.6) is 0 Å². The minimum absolute atomic E-state index is 0.00861. The molecule has 0 saturated heterocycles. The number of amides is 2. The number of carbonyl (C=O) groups excluding carboxylic acids is 3. The minimum Gasteiger partial charge on any atom is -0.453 e. The van der Waals surface area contributed by atoms with Crippen molar-refractivity contribution in [3.05, 3.63) is 51.9 Å². The van der Waals surface area contributed by atoms with Gasteiger partial charge < -0.3 is 15.8 Å². The molecule has 0 fully saturated rings. The summed E-state index contributed by atoms with van der Waals surface area (Å²) in [5.74, 6) is -1.47. The van der Waals surface area contributed by atoms with Gasteiger partial charge in [-0.15, -0.1) is 11.3 Å². The molecule has 0 saturated carbocycles. The fraction of sp³-hybridized carbons (Fsp3) is 0.381. The number of aryl methyl sites for hydroxylation is 1. The van der Waals surface area contributed by atoms with Crippen molar-refractivity contribution in [2.24, 2.45) is 5.73 Å². The number of esters is 1. The molecule has 1 aromatic heterocycles. The molecule has 2 amide bonds. The first kappa shape index (κ1) is 20.1. The highest BCUT2D eigenvalue weighted by Gasteiger charge is 2.28. The number of carbonyl (C=O) groups is 3. The minimum atomic E-state index is -0.965. The zero-order valence-electron chi connectivity index (χ0n) is 16.0. The van der Waals surface area contributed by atoms with Gasteiger partial charge in [0.15, 0.2) is 6.10 Å². The molecule has 28 heavy (non-hydrogen) atoms. The monoisotopic (exact) mass is 400 g/mol. The van der Waals surface area contributed by atoms with Gasteiger partial charge in [-0.05, 0) is 43.2 Å². The number of thiophene rings is 1. The Morgan fingerprint density at radius 3 is 2.57 bits per heavy atom. The molecule has 1 aliphatic carbocycles. The first-order chi connectivity index (χ1) is 13.4. The second-order valence-electron chi connectivity index (χ2n) is 7.06. The predicted octanol–water partition coefficient (Wildman–Crippen LogP) is 3.40. The molecule has 0 aliphatic heterocycles. The summed E-state index contributed by atoms with van der Waals surface area (Å²) in [6, 6.07) is 9.66. The van der Waals surface area contributed by atoms with Crippen LogP contribution >= 0.6 is 11.3 Å². The van der Waals surface area contributed by atoms with Gasteiger partial charge in [-0.1, -0.05) is 37.3 Å². The van der Waals surface area contributed by atoms with Gasteiger partial charge in [0, 0.05) is 4.88 Å². The van der Waals surface area contributed by atoms with Crippen LogP contribution in [0.1, 0.15) is 59.0 Å². The second kappa shape index (κ2) is 8.56. The summed E-state index contributed by atoms with van der Waals surface area (Å²) in [5.41, 5.74) is 7.87. The lowest BCUT2D eigenvalue weighted by Crippen LogP contribution is -2.30. The van der Waals surface area contributed by atoms with Crippen LogP contribution in [0.2, 0.25) is 0 Å². The first-order valence-corrected chi connectivity index (χ1v) is 10.2. The lowest BCUT2D eigenvalue weighted by molar-refractivity contribution is -0.153. The van der Waals surface area contributed by atoms with E-state index >= 15 is 0 Å². The molecule has 7 heteroatoms. The molecule has 2 aromatic rings. The Morgan fingerprint density at radius 1 is 1.18 bits per heavy atom. The summed E-state index contributed by atoms with van der Waals surface area (Å²) in [6.07, 6.45) is 1.89. The van der Waals surface area contributed by atoms with Crippen molar-refractivity contribution >= 4 is 34.1 Å². The van der Waals surface area contributed by atoms with Gasteiger partial charge in [-0.2, -0.15) is 0 Å². The van der Waals surface area contributed by atoms with E-state index in [0.29, 0.717) is 10.6 Å². The van der Waals surface area contributed by atoms with Gasteiger partial charge in [0.1, 0.15) is 5.00 Å². The summed E-state index contributed by atoms with van der Waals surface area (Å²) in [4.78, 5) is 37.6. The van der Waals surface area contributed by atoms with Gasteiger partial charge in [0.25, 0.3) is 11.8 Å². The zero-order chi connectivity index (χ0) is 20.3. The molecule has 6 nitrogen and oxygen atoms in total. The van der Waals surface area contributed by atoms with E-state index < -0.39 is 23.9 Å². The van der Waals surface area contributed by atoms with Crippen molar-refractivity contribution < 1.29 is 19.1 Å². The van der Waals surface area contributed by atoms with Gasteiger partial charge in [-0.3, -0.25) is 14.4 Å². The molecule has 1 heterocycles. The van der Waals surface area contributed by atoms with Crippen LogP contribution in [0.4, 0.5) is 5.00 Å². The van der Waals surface area contributed by atoms with Crippen molar-refractivity contribution in [1.82, 2.24) is 0 Å². The number of nitrogens with one attached hydrogen (secondary N) is 1. The summed E-state index contributed by atoms with van der Waals surface area (Å²) in [5, 5.41) is 3.16. The number of nitrogens with two attached hydrogens (primary N) is 1. The fourth-order valence-corrected chi connectivity index (χ4v) is 4.71. The molecule has 0 spiro atoms. The smallest absolute Gasteiger partial charge is 0.307 e. The Morgan fingerprint density at radius 2 is 1.89 bits per heavy atom. The highest BCUT2D eigenvalue weighted by Crippen LogP contribution is 2.38. The van der Waals surface area contributed by atoms with E-state index in [9.17, 15) is 14.4 Å². The number of anilines is 1. The Hall–Kier alpha value is -2.67. The van der Waals surface area contributed by atoms with Crippen LogP contribution in [-0.4, -0.2) is 23.9 Å². The first-order valence-electron chi connectivity index (χ1n) is 9.36. The largest absolute Gasteiger partial charge is 0.453 e. The fourth-order valence-electron chi connectivity index (χ4n) is 3.41. The van der Waals surface area contributed by atoms with Crippen LogP contribution < -0.4 is 11.1 Å². The molecule has 3 N–H and O–H groups in total. The lowest BCUT2D eigenvalue weighted by atomic mass is 9.98. The Bertz CT molecular complexity index is 891. The molecule has 0 bridgehead atoms. The number of ether oxygens (including phenoxy) is 1. The van der Waals surface area contributed by atoms with Gasteiger partial charge in [0.05, 0.1) is 12.0 Å². The van der Waals surface area contributed by atoms with Crippen molar-refractivity contribution in [1.29, 1.82) is 0 Å². The number of rotatable bonds is 7. The molecular weight excluding hydrogens is 376 g/mol. The van der Waals surface area contributed by atoms with Gasteiger partial charge in [-0.25, -0.2) is 0 Å². The molecule has 2 atom stereocenters. The van der Waals surface area contributed by atoms with E-state index in [1.54, 1.807) is 0 Å². The lowest BCUT2D eigenvalue weighted by Gasteiger charge is -2.16. The Labute approximate surface area is 168 Å². The Balaban J connectivity index is 1.59. The molecule has 3 rings (SSSR count). The highest BCUT2D eigenvalue weighted by atomic mass is 32.1. The second-order valence-corrected chi connectivity index (χ2v) is 8.17. The van der Waals surface area contributed by atoms with Crippen LogP contribution in [0.3, 0.4) is 0 Å². The summed E-state index contributed by atoms with van der Waals surface area (Å²) >= 11 is 1.38. The van der Waals surface area contributed by atoms with E-state index in [0.717, 1.165) is 35.3 Å². The van der Waals surface area contributed by atoms with Crippen LogP contribution in [0.15, 0.2) is 30.3 Å². The van der Waals surface area contributed by atoms with Crippen molar-refractivity contribution in [3.8, 4) is 0 Å². The third kappa shape index (κ3) is 4.42. The summed E-state index contributed by atoms with van der Waals surface area (Å²) < 4.78 is 5.29. The van der Waals surface area contributed by atoms with Crippen molar-refractivity contribution in [2.75, 3.05) is 5.32 Å². The van der Waals surface area contributed by atoms with E-state index in [1.807, 2.05) is 37.3 Å². The Kier molecular flexibility index (Phi) is 6.14. The van der Waals surface area contributed by atoms with Gasteiger partial charge >= 0.3 is 5.97 Å². The zero-order valence-corrected chi connectivity index (χ0v) is 16.8.